The maximum atomic E-state index is 15.4. The van der Waals surface area contributed by atoms with Crippen LogP contribution in [-0.2, 0) is 35.8 Å². The van der Waals surface area contributed by atoms with Crippen LogP contribution in [0.25, 0.3) is 99.4 Å². The van der Waals surface area contributed by atoms with Gasteiger partial charge in [0.1, 0.15) is 38.4 Å². The lowest BCUT2D eigenvalue weighted by molar-refractivity contribution is -0.944. The smallest absolute Gasteiger partial charge is 0.194 e. The third kappa shape index (κ3) is 11.1. The quantitative estimate of drug-likeness (QED) is 0.0689. The Morgan fingerprint density at radius 3 is 0.868 bits per heavy atom. The average molecular weight is 1240 g/mol. The predicted octanol–water partition coefficient (Wildman–Crippen LogP) is 20.3. The highest BCUT2D eigenvalue weighted by Crippen LogP contribution is 2.53. The van der Waals surface area contributed by atoms with Crippen LogP contribution < -0.4 is 0 Å². The number of fused-ring (bicyclic) bond motifs is 7. The minimum Gasteiger partial charge on any atom is -0.365 e. The van der Waals surface area contributed by atoms with Gasteiger partial charge in [0.25, 0.3) is 0 Å². The Balaban J connectivity index is 1.08. The lowest BCUT2D eigenvalue weighted by Gasteiger charge is -2.35. The lowest BCUT2D eigenvalue weighted by Crippen LogP contribution is -2.45. The zero-order valence-corrected chi connectivity index (χ0v) is 47.8. The summed E-state index contributed by atoms with van der Waals surface area (Å²) in [7, 11) is 0. The van der Waals surface area contributed by atoms with Crippen molar-refractivity contribution in [2.45, 2.75) is 38.5 Å². The summed E-state index contributed by atoms with van der Waals surface area (Å²) in [6.45, 7) is 1.38. The first kappa shape index (κ1) is 58.9. The molecule has 14 rings (SSSR count). The second kappa shape index (κ2) is 23.5. The topological polar surface area (TPSA) is 18.5 Å². The van der Waals surface area contributed by atoms with E-state index in [4.69, 9.17) is 9.47 Å². The highest BCUT2D eigenvalue weighted by molar-refractivity contribution is 6.12. The predicted molar refractivity (Wildman–Crippen MR) is 326 cm³/mol. The first-order chi connectivity index (χ1) is 43.9. The minimum atomic E-state index is -1.72. The number of hydrogen-bond acceptors (Lipinski definition) is 2. The van der Waals surface area contributed by atoms with E-state index in [0.29, 0.717) is 68.4 Å². The summed E-state index contributed by atoms with van der Waals surface area (Å²) in [5, 5.41) is 2.89. The van der Waals surface area contributed by atoms with Crippen LogP contribution in [0.2, 0.25) is 0 Å². The van der Waals surface area contributed by atoms with Gasteiger partial charge in [-0.15, -0.1) is 0 Å². The van der Waals surface area contributed by atoms with Crippen molar-refractivity contribution in [3.63, 3.8) is 0 Å². The Bertz CT molecular complexity index is 4350. The molecule has 12 aromatic rings. The molecule has 2 heterocycles. The molecule has 91 heavy (non-hydrogen) atoms. The van der Waals surface area contributed by atoms with Crippen LogP contribution in [0.5, 0.6) is 0 Å². The van der Waals surface area contributed by atoms with Gasteiger partial charge in [-0.1, -0.05) is 109 Å². The van der Waals surface area contributed by atoms with Gasteiger partial charge < -0.3 is 14.0 Å². The minimum absolute atomic E-state index is 0.102. The van der Waals surface area contributed by atoms with Crippen molar-refractivity contribution in [2.75, 3.05) is 13.1 Å². The van der Waals surface area contributed by atoms with Gasteiger partial charge >= 0.3 is 0 Å². The molecule has 1 fully saturated rings. The Labute approximate surface area is 513 Å². The standard InChI is InChI=1S/C76H48F12NO2/c77-61-27-49(28-62(78)73(61)85)45-19-46(50-29-63(79)74(86)64(80)30-50)22-53(21-45)57-25-43-15-7-9-17-55(43)71-59(57)35-89(37-69(90-39-41-11-3-1-4-12-41)70(38-89)91-40-42-13-5-2-6-14-42)36-60-58(26-44-16-8-10-18-56(44)72(60)71)54-23-47(51-31-65(81)75(87)66(82)32-51)20-48(24-54)52-33-67(83)76(88)68(84)34-52/h1-34,69-70H,35-40H2/q+1/t69-,70-/m1/s1. The maximum Gasteiger partial charge on any atom is 0.194 e. The van der Waals surface area contributed by atoms with E-state index < -0.39 is 82.0 Å². The molecular weight excluding hydrogens is 1190 g/mol. The van der Waals surface area contributed by atoms with E-state index in [1.165, 1.54) is 12.1 Å². The van der Waals surface area contributed by atoms with E-state index >= 15 is 35.1 Å². The van der Waals surface area contributed by atoms with E-state index in [1.807, 2.05) is 121 Å². The molecule has 452 valence electrons. The molecular formula is C76H48F12NO2+. The van der Waals surface area contributed by atoms with Crippen LogP contribution in [0.3, 0.4) is 0 Å². The highest BCUT2D eigenvalue weighted by Gasteiger charge is 2.50. The molecule has 2 aliphatic rings. The van der Waals surface area contributed by atoms with Crippen molar-refractivity contribution < 1.29 is 66.6 Å². The summed E-state index contributed by atoms with van der Waals surface area (Å²) in [5.74, 6) is -18.9. The SMILES string of the molecule is Fc1cc(-c2cc(-c3cc(F)c(F)c(F)c3)cc(-c3cc4ccccc4c4c3C[N+]3(Cc5c(-c6cc(-c7cc(F)c(F)c(F)c7)cc(-c7cc(F)c(F)c(F)c7)c6)cc6ccccc6c5-4)C[C@@H](OCc4ccccc4)[C@H](OCc4ccccc4)C3)c2)cc(F)c1F. The maximum absolute atomic E-state index is 15.4. The Morgan fingerprint density at radius 2 is 0.560 bits per heavy atom. The molecule has 0 N–H and O–H groups in total. The van der Waals surface area contributed by atoms with Crippen LogP contribution >= 0.6 is 0 Å². The van der Waals surface area contributed by atoms with E-state index in [2.05, 4.69) is 0 Å². The molecule has 2 aliphatic heterocycles. The zero-order valence-electron chi connectivity index (χ0n) is 47.8. The molecule has 0 unspecified atom stereocenters. The Kier molecular flexibility index (Phi) is 15.2. The molecule has 15 heteroatoms. The molecule has 0 saturated carbocycles. The van der Waals surface area contributed by atoms with Crippen LogP contribution in [0.4, 0.5) is 52.7 Å². The zero-order chi connectivity index (χ0) is 63.0. The largest absolute Gasteiger partial charge is 0.365 e. The molecule has 2 atom stereocenters. The van der Waals surface area contributed by atoms with E-state index in [1.54, 1.807) is 24.3 Å². The fraction of sp³-hybridized carbons (Fsp3) is 0.105. The highest BCUT2D eigenvalue weighted by atomic mass is 19.2. The van der Waals surface area contributed by atoms with Crippen LogP contribution in [0.15, 0.2) is 206 Å². The second-order valence-electron chi connectivity index (χ2n) is 23.3. The molecule has 0 aliphatic carbocycles. The Morgan fingerprint density at radius 1 is 0.297 bits per heavy atom. The molecule has 1 saturated heterocycles. The summed E-state index contributed by atoms with van der Waals surface area (Å²) in [6.07, 6.45) is -1.19. The van der Waals surface area contributed by atoms with Crippen LogP contribution in [0, 0.1) is 69.8 Å². The molecule has 0 amide bonds. The van der Waals surface area contributed by atoms with E-state index in [9.17, 15) is 17.6 Å². The van der Waals surface area contributed by atoms with Crippen molar-refractivity contribution in [2.24, 2.45) is 0 Å². The number of hydrogen-bond donors (Lipinski definition) is 0. The average Bonchev–Trinajstić information content (AvgIpc) is 1.63. The van der Waals surface area contributed by atoms with E-state index in [0.717, 1.165) is 70.4 Å². The van der Waals surface area contributed by atoms with E-state index in [-0.39, 0.29) is 75.3 Å². The van der Waals surface area contributed by atoms with Crippen LogP contribution in [-0.4, -0.2) is 29.8 Å². The van der Waals surface area contributed by atoms with Gasteiger partial charge in [-0.2, -0.15) is 0 Å². The lowest BCUT2D eigenvalue weighted by atomic mass is 9.81. The fourth-order valence-electron chi connectivity index (χ4n) is 13.3. The molecule has 0 aromatic heterocycles. The van der Waals surface area contributed by atoms with Crippen molar-refractivity contribution in [1.29, 1.82) is 0 Å². The fourth-order valence-corrected chi connectivity index (χ4v) is 13.3. The number of nitrogens with zero attached hydrogens (tertiary/aromatic N) is 1. The van der Waals surface area contributed by atoms with Crippen molar-refractivity contribution in [1.82, 2.24) is 0 Å². The van der Waals surface area contributed by atoms with Gasteiger partial charge in [-0.3, -0.25) is 0 Å². The van der Waals surface area contributed by atoms with Gasteiger partial charge in [0.15, 0.2) is 69.8 Å². The van der Waals surface area contributed by atoms with Gasteiger partial charge in [0, 0.05) is 22.3 Å². The number of quaternary nitrogens is 1. The Hall–Kier alpha value is -9.80. The number of halogens is 12. The molecule has 1 spiro atoms. The normalized spacial score (nSPS) is 15.1. The molecule has 0 radical (unpaired) electrons. The third-order valence-electron chi connectivity index (χ3n) is 17.5. The number of rotatable bonds is 12. The van der Waals surface area contributed by atoms with Crippen molar-refractivity contribution in [3.8, 4) is 77.9 Å². The summed E-state index contributed by atoms with van der Waals surface area (Å²) < 4.78 is 196. The van der Waals surface area contributed by atoms with Gasteiger partial charge in [0.05, 0.1) is 13.2 Å². The first-order valence-corrected chi connectivity index (χ1v) is 29.1. The second-order valence-corrected chi connectivity index (χ2v) is 23.3. The number of ether oxygens (including phenoxy) is 2. The summed E-state index contributed by atoms with van der Waals surface area (Å²) in [5.41, 5.74) is 6.35. The third-order valence-corrected chi connectivity index (χ3v) is 17.5. The van der Waals surface area contributed by atoms with Gasteiger partial charge in [-0.05, 0) is 196 Å². The van der Waals surface area contributed by atoms with Gasteiger partial charge in [0.2, 0.25) is 0 Å². The van der Waals surface area contributed by atoms with Crippen molar-refractivity contribution >= 4 is 21.5 Å². The number of benzene rings is 12. The van der Waals surface area contributed by atoms with Crippen molar-refractivity contribution in [3.05, 3.63) is 298 Å². The summed E-state index contributed by atoms with van der Waals surface area (Å²) in [4.78, 5) is 0. The van der Waals surface area contributed by atoms with Crippen LogP contribution in [0.1, 0.15) is 22.3 Å². The van der Waals surface area contributed by atoms with Gasteiger partial charge in [-0.25, -0.2) is 52.7 Å². The first-order valence-electron chi connectivity index (χ1n) is 29.1. The molecule has 12 aromatic carbocycles. The summed E-state index contributed by atoms with van der Waals surface area (Å²) in [6, 6.07) is 54.1. The summed E-state index contributed by atoms with van der Waals surface area (Å²) >= 11 is 0. The molecule has 0 bridgehead atoms. The monoisotopic (exact) mass is 1230 g/mol. The molecule has 3 nitrogen and oxygen atoms in total.